The molecule has 8 aromatic carbocycles. The van der Waals surface area contributed by atoms with Crippen molar-refractivity contribution in [2.24, 2.45) is 0 Å². The Kier molecular flexibility index (Phi) is 6.00. The zero-order valence-electron chi connectivity index (χ0n) is 37.9. The molecule has 0 N–H and O–H groups in total. The second-order valence-corrected chi connectivity index (χ2v) is 15.5. The van der Waals surface area contributed by atoms with E-state index in [1.54, 1.807) is 12.1 Å². The van der Waals surface area contributed by atoms with Crippen molar-refractivity contribution in [1.29, 1.82) is 0 Å². The summed E-state index contributed by atoms with van der Waals surface area (Å²) in [4.78, 5) is 14.9. The van der Waals surface area contributed by atoms with Crippen LogP contribution in [0.15, 0.2) is 185 Å². The SMILES string of the molecule is [2H]c1c(-c2ccc3c(c2)oc2ccccc23)c([2H])c2c(oc3c([2H])c(-c4nc(-c5ccc(-c6ccccc6)cc5)nc(-c5ccc6c(c5)C(C)(C)c5ccccc5-6)n4)c([2H])c([2H])c32)c1[2H]. The maximum absolute atomic E-state index is 9.62. The van der Waals surface area contributed by atoms with Crippen molar-refractivity contribution < 1.29 is 17.1 Å². The van der Waals surface area contributed by atoms with Crippen LogP contribution in [-0.4, -0.2) is 15.0 Å². The Bertz CT molecular complexity index is 3820. The van der Waals surface area contributed by atoms with Crippen LogP contribution in [0.3, 0.4) is 0 Å². The fourth-order valence-corrected chi connectivity index (χ4v) is 8.56. The fraction of sp³-hybridized carbons (Fsp3) is 0.0556. The highest BCUT2D eigenvalue weighted by molar-refractivity contribution is 6.08. The molecule has 0 spiro atoms. The summed E-state index contributed by atoms with van der Waals surface area (Å²) < 4.78 is 68.7. The minimum Gasteiger partial charge on any atom is -0.456 e. The number of benzene rings is 8. The van der Waals surface area contributed by atoms with Gasteiger partial charge in [-0.2, -0.15) is 0 Å². The summed E-state index contributed by atoms with van der Waals surface area (Å²) >= 11 is 0. The lowest BCUT2D eigenvalue weighted by Gasteiger charge is -2.21. The summed E-state index contributed by atoms with van der Waals surface area (Å²) in [5.41, 5.74) is 9.48. The molecule has 0 saturated heterocycles. The Morgan fingerprint density at radius 2 is 1.02 bits per heavy atom. The van der Waals surface area contributed by atoms with Crippen LogP contribution in [0.2, 0.25) is 0 Å². The van der Waals surface area contributed by atoms with E-state index in [0.29, 0.717) is 33.9 Å². The molecule has 3 heterocycles. The van der Waals surface area contributed by atoms with Crippen LogP contribution in [-0.2, 0) is 5.41 Å². The Hall–Kier alpha value is -7.63. The van der Waals surface area contributed by atoms with Crippen LogP contribution in [0.25, 0.3) is 111 Å². The Labute approximate surface area is 348 Å². The van der Waals surface area contributed by atoms with Crippen molar-refractivity contribution in [3.05, 3.63) is 187 Å². The first-order valence-electron chi connectivity index (χ1n) is 22.5. The molecule has 0 amide bonds. The van der Waals surface area contributed by atoms with Gasteiger partial charge in [0.25, 0.3) is 0 Å². The molecule has 278 valence electrons. The monoisotopic (exact) mass is 763 g/mol. The number of furan rings is 2. The van der Waals surface area contributed by atoms with Gasteiger partial charge in [-0.1, -0.05) is 141 Å². The van der Waals surface area contributed by atoms with E-state index >= 15 is 0 Å². The molecular weight excluding hydrogens is 723 g/mol. The molecule has 3 aromatic heterocycles. The first-order chi connectivity index (χ1) is 31.5. The number of hydrogen-bond acceptors (Lipinski definition) is 5. The zero-order valence-corrected chi connectivity index (χ0v) is 31.9. The third-order valence-electron chi connectivity index (χ3n) is 11.6. The predicted molar refractivity (Wildman–Crippen MR) is 239 cm³/mol. The van der Waals surface area contributed by atoms with Crippen molar-refractivity contribution in [1.82, 2.24) is 15.0 Å². The Morgan fingerprint density at radius 1 is 0.390 bits per heavy atom. The number of nitrogens with zero attached hydrogens (tertiary/aromatic N) is 3. The highest BCUT2D eigenvalue weighted by Gasteiger charge is 2.35. The number of hydrogen-bond donors (Lipinski definition) is 0. The third-order valence-corrected chi connectivity index (χ3v) is 11.6. The molecule has 12 rings (SSSR count). The first kappa shape index (κ1) is 27.9. The topological polar surface area (TPSA) is 65.0 Å². The van der Waals surface area contributed by atoms with Gasteiger partial charge in [0.1, 0.15) is 22.3 Å². The van der Waals surface area contributed by atoms with Gasteiger partial charge in [-0.15, -0.1) is 0 Å². The summed E-state index contributed by atoms with van der Waals surface area (Å²) in [5, 5.41) is 1.93. The van der Waals surface area contributed by atoms with E-state index in [1.807, 2.05) is 97.1 Å². The van der Waals surface area contributed by atoms with Crippen molar-refractivity contribution in [2.75, 3.05) is 0 Å². The molecule has 5 nitrogen and oxygen atoms in total. The van der Waals surface area contributed by atoms with E-state index in [1.165, 1.54) is 11.1 Å². The van der Waals surface area contributed by atoms with E-state index in [9.17, 15) is 5.48 Å². The van der Waals surface area contributed by atoms with Gasteiger partial charge < -0.3 is 8.83 Å². The van der Waals surface area contributed by atoms with Crippen molar-refractivity contribution >= 4 is 43.9 Å². The van der Waals surface area contributed by atoms with Gasteiger partial charge in [-0.05, 0) is 92.9 Å². The summed E-state index contributed by atoms with van der Waals surface area (Å²) in [6, 6.07) is 43.9. The number of rotatable bonds is 5. The Balaban J connectivity index is 1.05. The van der Waals surface area contributed by atoms with E-state index in [4.69, 9.17) is 26.5 Å². The molecule has 0 fully saturated rings. The lowest BCUT2D eigenvalue weighted by Crippen LogP contribution is -2.15. The molecule has 0 atom stereocenters. The normalized spacial score (nSPS) is 14.5. The van der Waals surface area contributed by atoms with Gasteiger partial charge in [0.2, 0.25) is 0 Å². The highest BCUT2D eigenvalue weighted by Crippen LogP contribution is 2.49. The standard InChI is InChI=1S/C54H35N3O2/c1-54(2)45-14-8-6-12-39(45)40-24-21-37(29-46(40)54)52-55-51(34-18-16-33(17-19-34)32-10-4-3-5-11-32)56-53(57-52)38-22-26-43-44-28-35(23-27-48(44)59-50(43)31-38)36-20-25-42-41-13-7-9-15-47(41)58-49(42)30-36/h3-31H,1-2H3/i22D,23D,26D,27D,28D,31D. The lowest BCUT2D eigenvalue weighted by atomic mass is 9.82. The van der Waals surface area contributed by atoms with E-state index in [-0.39, 0.29) is 80.6 Å². The van der Waals surface area contributed by atoms with E-state index in [0.717, 1.165) is 38.6 Å². The minimum atomic E-state index is -0.343. The molecule has 0 saturated carbocycles. The Morgan fingerprint density at radius 3 is 1.88 bits per heavy atom. The van der Waals surface area contributed by atoms with Crippen molar-refractivity contribution in [3.8, 4) is 67.5 Å². The molecule has 59 heavy (non-hydrogen) atoms. The summed E-state index contributed by atoms with van der Waals surface area (Å²) in [6.45, 7) is 4.40. The van der Waals surface area contributed by atoms with Gasteiger partial charge in [0.05, 0.1) is 8.22 Å². The van der Waals surface area contributed by atoms with Gasteiger partial charge in [-0.25, -0.2) is 15.0 Å². The largest absolute Gasteiger partial charge is 0.456 e. The van der Waals surface area contributed by atoms with E-state index in [2.05, 4.69) is 44.2 Å². The molecule has 1 aliphatic carbocycles. The van der Waals surface area contributed by atoms with E-state index < -0.39 is 0 Å². The molecule has 1 aliphatic rings. The molecule has 0 unspecified atom stereocenters. The molecule has 5 heteroatoms. The molecule has 0 aliphatic heterocycles. The third kappa shape index (κ3) is 5.35. The van der Waals surface area contributed by atoms with Crippen LogP contribution in [0.1, 0.15) is 33.2 Å². The smallest absolute Gasteiger partial charge is 0.164 e. The highest BCUT2D eigenvalue weighted by atomic mass is 16.3. The van der Waals surface area contributed by atoms with Crippen molar-refractivity contribution in [3.63, 3.8) is 0 Å². The quantitative estimate of drug-likeness (QED) is 0.175. The minimum absolute atomic E-state index is 0.00392. The fourth-order valence-electron chi connectivity index (χ4n) is 8.56. The van der Waals surface area contributed by atoms with Crippen LogP contribution in [0.5, 0.6) is 0 Å². The summed E-state index contributed by atoms with van der Waals surface area (Å²) in [7, 11) is 0. The zero-order chi connectivity index (χ0) is 44.5. The number of aromatic nitrogens is 3. The molecule has 0 radical (unpaired) electrons. The lowest BCUT2D eigenvalue weighted by molar-refractivity contribution is 0.660. The average molecular weight is 764 g/mol. The summed E-state index contributed by atoms with van der Waals surface area (Å²) in [5.74, 6) is 0.646. The second-order valence-electron chi connectivity index (χ2n) is 15.5. The maximum atomic E-state index is 9.62. The van der Waals surface area contributed by atoms with Crippen LogP contribution < -0.4 is 0 Å². The second kappa shape index (κ2) is 12.7. The predicted octanol–water partition coefficient (Wildman–Crippen LogP) is 14.3. The van der Waals surface area contributed by atoms with Gasteiger partial charge in [0.15, 0.2) is 17.5 Å². The molecule has 0 bridgehead atoms. The van der Waals surface area contributed by atoms with Crippen molar-refractivity contribution in [2.45, 2.75) is 19.3 Å². The van der Waals surface area contributed by atoms with Crippen LogP contribution in [0, 0.1) is 0 Å². The average Bonchev–Trinajstić information content (AvgIpc) is 3.99. The summed E-state index contributed by atoms with van der Waals surface area (Å²) in [6.07, 6.45) is 0. The molecule has 11 aromatic rings. The van der Waals surface area contributed by atoms with Crippen LogP contribution in [0.4, 0.5) is 0 Å². The number of fused-ring (bicyclic) bond motifs is 9. The molecular formula is C54H35N3O2. The van der Waals surface area contributed by atoms with Gasteiger partial charge in [-0.3, -0.25) is 0 Å². The number of para-hydroxylation sites is 1. The maximum Gasteiger partial charge on any atom is 0.164 e. The van der Waals surface area contributed by atoms with Crippen LogP contribution >= 0.6 is 0 Å². The van der Waals surface area contributed by atoms with Gasteiger partial charge >= 0.3 is 0 Å². The first-order valence-corrected chi connectivity index (χ1v) is 19.5. The van der Waals surface area contributed by atoms with Gasteiger partial charge in [0, 0.05) is 43.7 Å².